The molecule has 0 aliphatic rings. The Kier molecular flexibility index (Phi) is 4.78. The second-order valence-electron chi connectivity index (χ2n) is 3.47. The lowest BCUT2D eigenvalue weighted by atomic mass is 10.1. The van der Waals surface area contributed by atoms with Gasteiger partial charge in [-0.3, -0.25) is 4.79 Å². The van der Waals surface area contributed by atoms with Crippen LogP contribution in [0.3, 0.4) is 0 Å². The van der Waals surface area contributed by atoms with Crippen molar-refractivity contribution in [2.45, 2.75) is 0 Å². The molecule has 2 aromatic rings. The van der Waals surface area contributed by atoms with Crippen LogP contribution in [0.5, 0.6) is 0 Å². The van der Waals surface area contributed by atoms with Crippen molar-refractivity contribution in [3.05, 3.63) is 60.1 Å². The third-order valence-electron chi connectivity index (χ3n) is 2.19. The van der Waals surface area contributed by atoms with E-state index in [0.29, 0.717) is 10.6 Å². The summed E-state index contributed by atoms with van der Waals surface area (Å²) in [5.74, 6) is -0.0349. The van der Waals surface area contributed by atoms with Gasteiger partial charge in [0.15, 0.2) is 5.78 Å². The molecule has 0 spiro atoms. The Bertz CT molecular complexity index is 582. The Balaban J connectivity index is 2.14. The summed E-state index contributed by atoms with van der Waals surface area (Å²) in [6, 6.07) is 8.81. The van der Waals surface area contributed by atoms with Crippen molar-refractivity contribution in [3.63, 3.8) is 0 Å². The predicted octanol–water partition coefficient (Wildman–Crippen LogP) is 5.82. The van der Waals surface area contributed by atoms with Crippen LogP contribution in [0.25, 0.3) is 6.08 Å². The highest BCUT2D eigenvalue weighted by molar-refractivity contribution is 9.13. The summed E-state index contributed by atoms with van der Waals surface area (Å²) in [7, 11) is 0. The van der Waals surface area contributed by atoms with Crippen molar-refractivity contribution < 1.29 is 4.79 Å². The molecule has 2 rings (SSSR count). The molecule has 0 bridgehead atoms. The molecule has 0 radical (unpaired) electrons. The molecule has 0 atom stereocenters. The fourth-order valence-electron chi connectivity index (χ4n) is 1.31. The third kappa shape index (κ3) is 3.54. The highest BCUT2D eigenvalue weighted by Crippen LogP contribution is 2.33. The van der Waals surface area contributed by atoms with Gasteiger partial charge in [0.1, 0.15) is 0 Å². The van der Waals surface area contributed by atoms with E-state index in [-0.39, 0.29) is 5.78 Å². The van der Waals surface area contributed by atoms with E-state index in [2.05, 4.69) is 31.9 Å². The van der Waals surface area contributed by atoms with E-state index in [1.807, 2.05) is 6.07 Å². The van der Waals surface area contributed by atoms with E-state index in [4.69, 9.17) is 11.6 Å². The molecule has 92 valence electrons. The number of hydrogen-bond donors (Lipinski definition) is 0. The number of benzene rings is 1. The van der Waals surface area contributed by atoms with E-state index in [1.165, 1.54) is 0 Å². The quantitative estimate of drug-likeness (QED) is 0.463. The van der Waals surface area contributed by atoms with Crippen LogP contribution in [0, 0.1) is 0 Å². The monoisotopic (exact) mass is 404 g/mol. The molecule has 0 amide bonds. The summed E-state index contributed by atoms with van der Waals surface area (Å²) >= 11 is 14.2. The Morgan fingerprint density at radius 2 is 1.89 bits per heavy atom. The second-order valence-corrected chi connectivity index (χ2v) is 7.17. The first kappa shape index (κ1) is 14.0. The molecule has 18 heavy (non-hydrogen) atoms. The van der Waals surface area contributed by atoms with E-state index < -0.39 is 0 Å². The molecule has 0 aliphatic carbocycles. The maximum absolute atomic E-state index is 11.9. The van der Waals surface area contributed by atoms with Gasteiger partial charge in [0.25, 0.3) is 0 Å². The SMILES string of the molecule is O=C(/C=C/c1cc(Br)c(Br)s1)c1ccc(Cl)cc1. The van der Waals surface area contributed by atoms with Gasteiger partial charge in [0.05, 0.1) is 3.79 Å². The summed E-state index contributed by atoms with van der Waals surface area (Å²) in [5.41, 5.74) is 0.630. The number of rotatable bonds is 3. The summed E-state index contributed by atoms with van der Waals surface area (Å²) in [6.07, 6.45) is 3.37. The van der Waals surface area contributed by atoms with E-state index in [9.17, 15) is 4.79 Å². The minimum atomic E-state index is -0.0349. The molecule has 1 aromatic heterocycles. The van der Waals surface area contributed by atoms with Gasteiger partial charge < -0.3 is 0 Å². The Hall–Kier alpha value is -0.420. The maximum atomic E-state index is 11.9. The van der Waals surface area contributed by atoms with Gasteiger partial charge in [-0.05, 0) is 74.3 Å². The van der Waals surface area contributed by atoms with Gasteiger partial charge >= 0.3 is 0 Å². The summed E-state index contributed by atoms with van der Waals surface area (Å²) in [6.45, 7) is 0. The molecule has 1 nitrogen and oxygen atoms in total. The molecule has 0 saturated carbocycles. The van der Waals surface area contributed by atoms with Crippen molar-refractivity contribution >= 4 is 66.7 Å². The van der Waals surface area contributed by atoms with Crippen molar-refractivity contribution in [3.8, 4) is 0 Å². The van der Waals surface area contributed by atoms with Crippen LogP contribution < -0.4 is 0 Å². The molecule has 0 fully saturated rings. The van der Waals surface area contributed by atoms with Crippen LogP contribution in [0.15, 0.2) is 44.7 Å². The average molecular weight is 407 g/mol. The normalized spacial score (nSPS) is 11.1. The average Bonchev–Trinajstić information content (AvgIpc) is 2.67. The molecule has 1 heterocycles. The van der Waals surface area contributed by atoms with Crippen LogP contribution >= 0.6 is 54.8 Å². The predicted molar refractivity (Wildman–Crippen MR) is 84.5 cm³/mol. The van der Waals surface area contributed by atoms with E-state index >= 15 is 0 Å². The first-order valence-electron chi connectivity index (χ1n) is 4.99. The lowest BCUT2D eigenvalue weighted by Gasteiger charge is -1.95. The van der Waals surface area contributed by atoms with Crippen LogP contribution in [-0.2, 0) is 0 Å². The van der Waals surface area contributed by atoms with Gasteiger partial charge in [-0.2, -0.15) is 0 Å². The number of carbonyl (C=O) groups excluding carboxylic acids is 1. The van der Waals surface area contributed by atoms with Crippen LogP contribution in [-0.4, -0.2) is 5.78 Å². The van der Waals surface area contributed by atoms with E-state index in [1.54, 1.807) is 47.8 Å². The summed E-state index contributed by atoms with van der Waals surface area (Å²) in [5, 5.41) is 0.627. The second kappa shape index (κ2) is 6.15. The lowest BCUT2D eigenvalue weighted by Crippen LogP contribution is -1.92. The lowest BCUT2D eigenvalue weighted by molar-refractivity contribution is 0.104. The van der Waals surface area contributed by atoms with Crippen molar-refractivity contribution in [2.24, 2.45) is 0 Å². The number of allylic oxidation sites excluding steroid dienone is 1. The molecule has 0 N–H and O–H groups in total. The first-order valence-corrected chi connectivity index (χ1v) is 7.77. The highest BCUT2D eigenvalue weighted by Gasteiger charge is 2.04. The largest absolute Gasteiger partial charge is 0.289 e. The van der Waals surface area contributed by atoms with E-state index in [0.717, 1.165) is 13.1 Å². The number of ketones is 1. The zero-order valence-corrected chi connectivity index (χ0v) is 13.7. The third-order valence-corrected chi connectivity index (χ3v) is 5.67. The highest BCUT2D eigenvalue weighted by atomic mass is 79.9. The van der Waals surface area contributed by atoms with Gasteiger partial charge in [-0.1, -0.05) is 11.6 Å². The maximum Gasteiger partial charge on any atom is 0.185 e. The van der Waals surface area contributed by atoms with Gasteiger partial charge in [0.2, 0.25) is 0 Å². The molecule has 1 aromatic carbocycles. The zero-order chi connectivity index (χ0) is 13.1. The van der Waals surface area contributed by atoms with Crippen LogP contribution in [0.1, 0.15) is 15.2 Å². The topological polar surface area (TPSA) is 17.1 Å². The minimum absolute atomic E-state index is 0.0349. The molecular weight excluding hydrogens is 399 g/mol. The fraction of sp³-hybridized carbons (Fsp3) is 0. The molecule has 0 saturated heterocycles. The number of thiophene rings is 1. The standard InChI is InChI=1S/C13H7Br2ClOS/c14-11-7-10(18-13(11)15)5-6-12(17)8-1-3-9(16)4-2-8/h1-7H/b6-5+. The van der Waals surface area contributed by atoms with Gasteiger partial charge in [0, 0.05) is 19.9 Å². The van der Waals surface area contributed by atoms with Gasteiger partial charge in [-0.15, -0.1) is 11.3 Å². The molecule has 0 aliphatic heterocycles. The van der Waals surface area contributed by atoms with Crippen LogP contribution in [0.2, 0.25) is 5.02 Å². The first-order chi connectivity index (χ1) is 8.56. The van der Waals surface area contributed by atoms with Crippen molar-refractivity contribution in [1.82, 2.24) is 0 Å². The van der Waals surface area contributed by atoms with Crippen LogP contribution in [0.4, 0.5) is 0 Å². The number of hydrogen-bond acceptors (Lipinski definition) is 2. The Morgan fingerprint density at radius 1 is 1.22 bits per heavy atom. The fourth-order valence-corrected chi connectivity index (χ4v) is 3.43. The molecule has 5 heteroatoms. The summed E-state index contributed by atoms with van der Waals surface area (Å²) < 4.78 is 2.01. The minimum Gasteiger partial charge on any atom is -0.289 e. The van der Waals surface area contributed by atoms with Gasteiger partial charge in [-0.25, -0.2) is 0 Å². The number of carbonyl (C=O) groups is 1. The van der Waals surface area contributed by atoms with Crippen molar-refractivity contribution in [1.29, 1.82) is 0 Å². The van der Waals surface area contributed by atoms with Crippen molar-refractivity contribution in [2.75, 3.05) is 0 Å². The summed E-state index contributed by atoms with van der Waals surface area (Å²) in [4.78, 5) is 12.9. The Labute approximate surface area is 131 Å². The number of halogens is 3. The zero-order valence-electron chi connectivity index (χ0n) is 8.99. The smallest absolute Gasteiger partial charge is 0.185 e. The Morgan fingerprint density at radius 3 is 2.44 bits per heavy atom. The molecule has 0 unspecified atom stereocenters. The molecular formula is C13H7Br2ClOS.